The molecule has 0 bridgehead atoms. The Hall–Kier alpha value is -1.78. The van der Waals surface area contributed by atoms with E-state index in [4.69, 9.17) is 0 Å². The first-order valence-electron chi connectivity index (χ1n) is 6.71. The summed E-state index contributed by atoms with van der Waals surface area (Å²) in [4.78, 5) is 0. The first-order valence-corrected chi connectivity index (χ1v) is 6.71. The van der Waals surface area contributed by atoms with Crippen molar-refractivity contribution in [3.8, 4) is 0 Å². The molecule has 1 N–H and O–H groups in total. The van der Waals surface area contributed by atoms with Crippen LogP contribution in [0.1, 0.15) is 49.8 Å². The van der Waals surface area contributed by atoms with Gasteiger partial charge in [-0.2, -0.15) is 10.2 Å². The average Bonchev–Trinajstić information content (AvgIpc) is 2.85. The summed E-state index contributed by atoms with van der Waals surface area (Å²) >= 11 is 0. The first-order chi connectivity index (χ1) is 8.90. The molecular weight excluding hydrogens is 238 g/mol. The van der Waals surface area contributed by atoms with Crippen molar-refractivity contribution < 1.29 is 0 Å². The van der Waals surface area contributed by atoms with Gasteiger partial charge in [0.1, 0.15) is 0 Å². The molecule has 0 saturated carbocycles. The zero-order valence-corrected chi connectivity index (χ0v) is 12.6. The van der Waals surface area contributed by atoms with Crippen LogP contribution in [0.4, 0.5) is 5.69 Å². The molecule has 2 aromatic heterocycles. The topological polar surface area (TPSA) is 47.7 Å². The molecule has 0 radical (unpaired) electrons. The van der Waals surface area contributed by atoms with Crippen molar-refractivity contribution >= 4 is 5.69 Å². The normalized spacial score (nSPS) is 13.0. The molecule has 0 aliphatic carbocycles. The molecule has 2 aromatic rings. The summed E-state index contributed by atoms with van der Waals surface area (Å²) in [5, 5.41) is 12.3. The lowest BCUT2D eigenvalue weighted by Gasteiger charge is -2.14. The van der Waals surface area contributed by atoms with Crippen LogP contribution in [-0.2, 0) is 7.05 Å². The molecule has 104 valence electrons. The molecule has 1 unspecified atom stereocenters. The highest BCUT2D eigenvalue weighted by Gasteiger charge is 2.16. The van der Waals surface area contributed by atoms with E-state index >= 15 is 0 Å². The summed E-state index contributed by atoms with van der Waals surface area (Å²) in [5.41, 5.74) is 4.59. The SMILES string of the molecule is Cc1nn(C)c(C)c1C(C)Nc1cnn(C(C)C)c1. The number of hydrogen-bond donors (Lipinski definition) is 1. The van der Waals surface area contributed by atoms with Gasteiger partial charge in [0, 0.05) is 30.5 Å². The summed E-state index contributed by atoms with van der Waals surface area (Å²) in [6.07, 6.45) is 3.92. The van der Waals surface area contributed by atoms with Gasteiger partial charge in [-0.25, -0.2) is 0 Å². The maximum atomic E-state index is 4.46. The van der Waals surface area contributed by atoms with E-state index in [0.29, 0.717) is 6.04 Å². The second kappa shape index (κ2) is 5.07. The van der Waals surface area contributed by atoms with E-state index in [2.05, 4.69) is 50.1 Å². The fraction of sp³-hybridized carbons (Fsp3) is 0.571. The Balaban J connectivity index is 2.18. The minimum atomic E-state index is 0.221. The van der Waals surface area contributed by atoms with Crippen molar-refractivity contribution in [3.63, 3.8) is 0 Å². The number of nitrogens with one attached hydrogen (secondary N) is 1. The van der Waals surface area contributed by atoms with Crippen LogP contribution in [0, 0.1) is 13.8 Å². The van der Waals surface area contributed by atoms with Crippen molar-refractivity contribution in [2.45, 2.75) is 46.7 Å². The third-order valence-electron chi connectivity index (χ3n) is 3.51. The third kappa shape index (κ3) is 2.64. The fourth-order valence-corrected chi connectivity index (χ4v) is 2.43. The summed E-state index contributed by atoms with van der Waals surface area (Å²) in [6, 6.07) is 0.603. The summed E-state index contributed by atoms with van der Waals surface area (Å²) in [7, 11) is 1.98. The van der Waals surface area contributed by atoms with Gasteiger partial charge in [-0.15, -0.1) is 0 Å². The van der Waals surface area contributed by atoms with E-state index in [1.165, 1.54) is 11.3 Å². The monoisotopic (exact) mass is 261 g/mol. The average molecular weight is 261 g/mol. The Morgan fingerprint density at radius 3 is 2.37 bits per heavy atom. The van der Waals surface area contributed by atoms with Crippen LogP contribution in [0.5, 0.6) is 0 Å². The Labute approximate surface area is 114 Å². The lowest BCUT2D eigenvalue weighted by Crippen LogP contribution is -2.08. The van der Waals surface area contributed by atoms with Gasteiger partial charge in [-0.1, -0.05) is 0 Å². The van der Waals surface area contributed by atoms with E-state index in [-0.39, 0.29) is 6.04 Å². The molecule has 0 fully saturated rings. The third-order valence-corrected chi connectivity index (χ3v) is 3.51. The summed E-state index contributed by atoms with van der Waals surface area (Å²) in [5.74, 6) is 0. The van der Waals surface area contributed by atoms with Crippen LogP contribution in [0.2, 0.25) is 0 Å². The Bertz CT molecular complexity index is 564. The van der Waals surface area contributed by atoms with Crippen molar-refractivity contribution in [2.75, 3.05) is 5.32 Å². The molecule has 2 rings (SSSR count). The van der Waals surface area contributed by atoms with Gasteiger partial charge >= 0.3 is 0 Å². The maximum absolute atomic E-state index is 4.46. The molecule has 0 aliphatic rings. The van der Waals surface area contributed by atoms with E-state index in [1.54, 1.807) is 0 Å². The number of nitrogens with zero attached hydrogens (tertiary/aromatic N) is 4. The van der Waals surface area contributed by atoms with Gasteiger partial charge in [0.15, 0.2) is 0 Å². The van der Waals surface area contributed by atoms with E-state index in [9.17, 15) is 0 Å². The van der Waals surface area contributed by atoms with Gasteiger partial charge in [0.25, 0.3) is 0 Å². The highest BCUT2D eigenvalue weighted by Crippen LogP contribution is 2.24. The standard InChI is InChI=1S/C14H23N5/c1-9(2)19-8-13(7-15-19)16-10(3)14-11(4)17-18(6)12(14)5/h7-10,16H,1-6H3. The summed E-state index contributed by atoms with van der Waals surface area (Å²) < 4.78 is 3.89. The molecule has 2 heterocycles. The summed E-state index contributed by atoms with van der Waals surface area (Å²) in [6.45, 7) is 10.6. The molecule has 0 saturated heterocycles. The molecule has 0 spiro atoms. The first kappa shape index (κ1) is 13.6. The number of hydrogen-bond acceptors (Lipinski definition) is 3. The van der Waals surface area contributed by atoms with Crippen LogP contribution in [0.15, 0.2) is 12.4 Å². The highest BCUT2D eigenvalue weighted by atomic mass is 15.3. The van der Waals surface area contributed by atoms with Crippen molar-refractivity contribution in [3.05, 3.63) is 29.3 Å². The van der Waals surface area contributed by atoms with Gasteiger partial charge in [0.05, 0.1) is 23.6 Å². The second-order valence-electron chi connectivity index (χ2n) is 5.38. The predicted molar refractivity (Wildman–Crippen MR) is 77.3 cm³/mol. The van der Waals surface area contributed by atoms with Crippen LogP contribution in [-0.4, -0.2) is 19.6 Å². The molecule has 0 aliphatic heterocycles. The number of aromatic nitrogens is 4. The van der Waals surface area contributed by atoms with Crippen LogP contribution >= 0.6 is 0 Å². The minimum absolute atomic E-state index is 0.221. The fourth-order valence-electron chi connectivity index (χ4n) is 2.43. The molecule has 19 heavy (non-hydrogen) atoms. The quantitative estimate of drug-likeness (QED) is 0.920. The molecular formula is C14H23N5. The van der Waals surface area contributed by atoms with Gasteiger partial charge in [0.2, 0.25) is 0 Å². The van der Waals surface area contributed by atoms with E-state index in [1.807, 2.05) is 28.8 Å². The Kier molecular flexibility index (Phi) is 3.64. The smallest absolute Gasteiger partial charge is 0.0731 e. The number of rotatable bonds is 4. The van der Waals surface area contributed by atoms with Crippen LogP contribution in [0.3, 0.4) is 0 Å². The van der Waals surface area contributed by atoms with Crippen LogP contribution < -0.4 is 5.32 Å². The molecule has 1 atom stereocenters. The van der Waals surface area contributed by atoms with Crippen molar-refractivity contribution in [1.82, 2.24) is 19.6 Å². The molecule has 5 nitrogen and oxygen atoms in total. The van der Waals surface area contributed by atoms with E-state index < -0.39 is 0 Å². The molecule has 0 amide bonds. The van der Waals surface area contributed by atoms with Crippen molar-refractivity contribution in [2.24, 2.45) is 7.05 Å². The Morgan fingerprint density at radius 2 is 1.89 bits per heavy atom. The second-order valence-corrected chi connectivity index (χ2v) is 5.38. The number of aryl methyl sites for hydroxylation is 2. The van der Waals surface area contributed by atoms with Crippen molar-refractivity contribution in [1.29, 1.82) is 0 Å². The maximum Gasteiger partial charge on any atom is 0.0731 e. The Morgan fingerprint density at radius 1 is 1.21 bits per heavy atom. The zero-order chi connectivity index (χ0) is 14.2. The van der Waals surface area contributed by atoms with Crippen LogP contribution in [0.25, 0.3) is 0 Å². The van der Waals surface area contributed by atoms with Gasteiger partial charge in [-0.3, -0.25) is 9.36 Å². The van der Waals surface area contributed by atoms with E-state index in [0.717, 1.165) is 11.4 Å². The minimum Gasteiger partial charge on any atom is -0.376 e. The largest absolute Gasteiger partial charge is 0.376 e. The zero-order valence-electron chi connectivity index (χ0n) is 12.6. The van der Waals surface area contributed by atoms with Gasteiger partial charge < -0.3 is 5.32 Å². The lowest BCUT2D eigenvalue weighted by atomic mass is 10.1. The predicted octanol–water partition coefficient (Wildman–Crippen LogP) is 2.99. The lowest BCUT2D eigenvalue weighted by molar-refractivity contribution is 0.532. The molecule has 0 aromatic carbocycles. The molecule has 5 heteroatoms. The number of anilines is 1. The van der Waals surface area contributed by atoms with Gasteiger partial charge in [-0.05, 0) is 34.6 Å². The highest BCUT2D eigenvalue weighted by molar-refractivity contribution is 5.43.